The Morgan fingerprint density at radius 2 is 1.76 bits per heavy atom. The number of hydrogen-bond donors (Lipinski definition) is 1. The molecule has 0 saturated heterocycles. The monoisotopic (exact) mass is 471 g/mol. The molecule has 9 nitrogen and oxygen atoms in total. The summed E-state index contributed by atoms with van der Waals surface area (Å²) >= 11 is 1.23. The molecule has 1 heterocycles. The molecule has 2 aromatic carbocycles. The maximum atomic E-state index is 12.7. The third-order valence-electron chi connectivity index (χ3n) is 4.95. The zero-order chi connectivity index (χ0) is 24.0. The molecule has 0 bridgehead atoms. The number of methoxy groups -OCH3 is 3. The van der Waals surface area contributed by atoms with Gasteiger partial charge in [0.15, 0.2) is 11.5 Å². The lowest BCUT2D eigenvalue weighted by Gasteiger charge is -2.28. The van der Waals surface area contributed by atoms with Crippen molar-refractivity contribution in [2.75, 3.05) is 26.6 Å². The quantitative estimate of drug-likeness (QED) is 0.485. The molecule has 3 rings (SSSR count). The molecule has 0 aliphatic carbocycles. The summed E-state index contributed by atoms with van der Waals surface area (Å²) in [6, 6.07) is 12.4. The molecule has 2 amide bonds. The first-order chi connectivity index (χ1) is 15.9. The lowest BCUT2D eigenvalue weighted by molar-refractivity contribution is -0.150. The van der Waals surface area contributed by atoms with Crippen molar-refractivity contribution < 1.29 is 28.6 Å². The molecule has 0 saturated carbocycles. The van der Waals surface area contributed by atoms with Crippen LogP contribution in [0.25, 0.3) is 0 Å². The van der Waals surface area contributed by atoms with E-state index in [1.807, 2.05) is 25.1 Å². The maximum absolute atomic E-state index is 12.7. The lowest BCUT2D eigenvalue weighted by atomic mass is 10.0. The number of carbonyl (C=O) groups is 3. The number of anilines is 1. The van der Waals surface area contributed by atoms with Crippen LogP contribution in [0.15, 0.2) is 47.6 Å². The van der Waals surface area contributed by atoms with Crippen molar-refractivity contribution in [1.29, 1.82) is 0 Å². The number of amides is 2. The molecule has 2 aromatic rings. The minimum Gasteiger partial charge on any atom is -0.493 e. The zero-order valence-corrected chi connectivity index (χ0v) is 19.6. The summed E-state index contributed by atoms with van der Waals surface area (Å²) in [5.41, 5.74) is 2.88. The number of esters is 1. The number of benzene rings is 2. The van der Waals surface area contributed by atoms with Gasteiger partial charge in [-0.25, -0.2) is 9.80 Å². The molecule has 0 aromatic heterocycles. The van der Waals surface area contributed by atoms with Gasteiger partial charge in [0.2, 0.25) is 0 Å². The molecule has 10 heteroatoms. The molecule has 0 spiro atoms. The number of thioether (sulfide) groups is 1. The Kier molecular flexibility index (Phi) is 7.94. The molecule has 0 radical (unpaired) electrons. The first kappa shape index (κ1) is 24.1. The van der Waals surface area contributed by atoms with Gasteiger partial charge in [-0.05, 0) is 42.3 Å². The second-order valence-electron chi connectivity index (χ2n) is 7.04. The predicted molar refractivity (Wildman–Crippen MR) is 126 cm³/mol. The summed E-state index contributed by atoms with van der Waals surface area (Å²) in [5.74, 6) is -0.628. The Hall–Kier alpha value is -3.53. The highest BCUT2D eigenvalue weighted by molar-refractivity contribution is 8.14. The molecule has 1 aliphatic rings. The number of nitrogens with one attached hydrogen (secondary N) is 1. The Balaban J connectivity index is 1.82. The molecule has 0 fully saturated rings. The van der Waals surface area contributed by atoms with Gasteiger partial charge in [0.1, 0.15) is 0 Å². The van der Waals surface area contributed by atoms with Crippen molar-refractivity contribution in [2.24, 2.45) is 5.10 Å². The summed E-state index contributed by atoms with van der Waals surface area (Å²) in [6.45, 7) is 2.27. The van der Waals surface area contributed by atoms with Crippen LogP contribution in [0.4, 0.5) is 10.5 Å². The Morgan fingerprint density at radius 1 is 1.06 bits per heavy atom. The number of nitrogens with zero attached hydrogens (tertiary/aromatic N) is 2. The van der Waals surface area contributed by atoms with Gasteiger partial charge in [-0.15, -0.1) is 0 Å². The van der Waals surface area contributed by atoms with Crippen LogP contribution in [-0.4, -0.2) is 54.4 Å². The van der Waals surface area contributed by atoms with Gasteiger partial charge in [-0.3, -0.25) is 9.59 Å². The highest BCUT2D eigenvalue weighted by Crippen LogP contribution is 2.33. The molecule has 1 aliphatic heterocycles. The van der Waals surface area contributed by atoms with Gasteiger partial charge in [-0.2, -0.15) is 5.10 Å². The highest BCUT2D eigenvalue weighted by atomic mass is 32.2. The van der Waals surface area contributed by atoms with Crippen molar-refractivity contribution in [3.63, 3.8) is 0 Å². The minimum atomic E-state index is -0.975. The fourth-order valence-corrected chi connectivity index (χ4v) is 4.16. The molecular weight excluding hydrogens is 446 g/mol. The van der Waals surface area contributed by atoms with Crippen molar-refractivity contribution in [1.82, 2.24) is 5.01 Å². The van der Waals surface area contributed by atoms with E-state index in [0.29, 0.717) is 17.2 Å². The first-order valence-electron chi connectivity index (χ1n) is 10.2. The van der Waals surface area contributed by atoms with E-state index < -0.39 is 11.9 Å². The van der Waals surface area contributed by atoms with Crippen molar-refractivity contribution in [3.8, 4) is 11.5 Å². The fraction of sp³-hybridized carbons (Fsp3) is 0.304. The predicted octanol–water partition coefficient (Wildman–Crippen LogP) is 3.67. The number of carbonyl (C=O) groups excluding carboxylic acids is 3. The van der Waals surface area contributed by atoms with E-state index in [2.05, 4.69) is 15.2 Å². The first-order valence-corrected chi connectivity index (χ1v) is 11.0. The summed E-state index contributed by atoms with van der Waals surface area (Å²) in [5, 5.41) is 8.31. The maximum Gasteiger partial charge on any atom is 0.396 e. The zero-order valence-electron chi connectivity index (χ0n) is 18.8. The van der Waals surface area contributed by atoms with Crippen LogP contribution in [0.2, 0.25) is 0 Å². The van der Waals surface area contributed by atoms with Gasteiger partial charge in [-0.1, -0.05) is 30.8 Å². The number of rotatable bonds is 7. The minimum absolute atomic E-state index is 0.0808. The number of hydrazone groups is 1. The van der Waals surface area contributed by atoms with Crippen LogP contribution < -0.4 is 14.8 Å². The fourth-order valence-electron chi connectivity index (χ4n) is 3.23. The van der Waals surface area contributed by atoms with Crippen LogP contribution in [-0.2, 0) is 20.9 Å². The largest absolute Gasteiger partial charge is 0.493 e. The third-order valence-corrected chi connectivity index (χ3v) is 6.21. The van der Waals surface area contributed by atoms with Crippen LogP contribution in [0.5, 0.6) is 11.5 Å². The Bertz CT molecular complexity index is 1070. The molecule has 33 heavy (non-hydrogen) atoms. The molecule has 1 unspecified atom stereocenters. The van der Waals surface area contributed by atoms with E-state index in [-0.39, 0.29) is 17.0 Å². The SMILES string of the molecule is CCC1SC(=O)N(Cc2ccc(NC(=O)C(=O)OC)cc2)N=C1c1ccc(OC)c(OC)c1. The van der Waals surface area contributed by atoms with Crippen LogP contribution >= 0.6 is 11.8 Å². The van der Waals surface area contributed by atoms with E-state index in [4.69, 9.17) is 9.47 Å². The average molecular weight is 472 g/mol. The third kappa shape index (κ3) is 5.64. The number of ether oxygens (including phenoxy) is 3. The van der Waals surface area contributed by atoms with Gasteiger partial charge in [0, 0.05) is 11.3 Å². The molecule has 174 valence electrons. The standard InChI is InChI=1S/C23H25N3O6S/c1-5-19-20(15-8-11-17(30-2)18(12-15)31-3)25-26(23(29)33-19)13-14-6-9-16(10-7-14)24-21(27)22(28)32-4/h6-12,19H,5,13H2,1-4H3,(H,24,27). The summed E-state index contributed by atoms with van der Waals surface area (Å²) in [4.78, 5) is 35.6. The molecule has 1 N–H and O–H groups in total. The van der Waals surface area contributed by atoms with Crippen LogP contribution in [0.1, 0.15) is 24.5 Å². The van der Waals surface area contributed by atoms with Crippen molar-refractivity contribution >= 4 is 40.3 Å². The van der Waals surface area contributed by atoms with Crippen molar-refractivity contribution in [2.45, 2.75) is 25.1 Å². The van der Waals surface area contributed by atoms with E-state index >= 15 is 0 Å². The van der Waals surface area contributed by atoms with Crippen molar-refractivity contribution in [3.05, 3.63) is 53.6 Å². The van der Waals surface area contributed by atoms with Crippen LogP contribution in [0, 0.1) is 0 Å². The second kappa shape index (κ2) is 10.9. The Morgan fingerprint density at radius 3 is 2.36 bits per heavy atom. The van der Waals surface area contributed by atoms with Gasteiger partial charge in [0.05, 0.1) is 38.8 Å². The lowest BCUT2D eigenvalue weighted by Crippen LogP contribution is -2.34. The van der Waals surface area contributed by atoms with E-state index in [9.17, 15) is 14.4 Å². The average Bonchev–Trinajstić information content (AvgIpc) is 2.85. The van der Waals surface area contributed by atoms with Gasteiger partial charge < -0.3 is 19.5 Å². The Labute approximate surface area is 196 Å². The van der Waals surface area contributed by atoms with Crippen LogP contribution in [0.3, 0.4) is 0 Å². The number of hydrogen-bond acceptors (Lipinski definition) is 8. The molecule has 1 atom stereocenters. The smallest absolute Gasteiger partial charge is 0.396 e. The van der Waals surface area contributed by atoms with Gasteiger partial charge >= 0.3 is 17.1 Å². The normalized spacial score (nSPS) is 15.5. The highest BCUT2D eigenvalue weighted by Gasteiger charge is 2.30. The van der Waals surface area contributed by atoms with E-state index in [1.54, 1.807) is 38.5 Å². The molecular formula is C23H25N3O6S. The van der Waals surface area contributed by atoms with E-state index in [0.717, 1.165) is 30.4 Å². The summed E-state index contributed by atoms with van der Waals surface area (Å²) < 4.78 is 15.1. The topological polar surface area (TPSA) is 107 Å². The summed E-state index contributed by atoms with van der Waals surface area (Å²) in [7, 11) is 4.29. The van der Waals surface area contributed by atoms with E-state index in [1.165, 1.54) is 16.8 Å². The van der Waals surface area contributed by atoms with Gasteiger partial charge in [0.25, 0.3) is 0 Å². The second-order valence-corrected chi connectivity index (χ2v) is 8.19. The summed E-state index contributed by atoms with van der Waals surface area (Å²) in [6.07, 6.45) is 0.742.